The lowest BCUT2D eigenvalue weighted by atomic mass is 9.83. The van der Waals surface area contributed by atoms with Gasteiger partial charge in [0.05, 0.1) is 0 Å². The normalized spacial score (nSPS) is 25.2. The van der Waals surface area contributed by atoms with E-state index in [0.29, 0.717) is 0 Å². The van der Waals surface area contributed by atoms with Gasteiger partial charge in [0.1, 0.15) is 11.1 Å². The van der Waals surface area contributed by atoms with Crippen LogP contribution < -0.4 is 5.32 Å². The first-order valence-electron chi connectivity index (χ1n) is 7.55. The smallest absolute Gasteiger partial charge is 0.248 e. The number of amides is 2. The van der Waals surface area contributed by atoms with Gasteiger partial charge < -0.3 is 10.2 Å². The van der Waals surface area contributed by atoms with Crippen LogP contribution in [-0.4, -0.2) is 33.8 Å². The Labute approximate surface area is 115 Å². The van der Waals surface area contributed by atoms with Gasteiger partial charge in [-0.2, -0.15) is 0 Å². The molecule has 108 valence electrons. The molecule has 19 heavy (non-hydrogen) atoms. The highest BCUT2D eigenvalue weighted by Gasteiger charge is 2.57. The number of hydrogen-bond donors (Lipinski definition) is 1. The molecule has 1 saturated heterocycles. The molecule has 1 spiro atoms. The van der Waals surface area contributed by atoms with Gasteiger partial charge in [-0.1, -0.05) is 26.7 Å². The van der Waals surface area contributed by atoms with E-state index in [1.54, 1.807) is 0 Å². The number of rotatable bonds is 3. The van der Waals surface area contributed by atoms with E-state index >= 15 is 0 Å². The van der Waals surface area contributed by atoms with Gasteiger partial charge in [-0.05, 0) is 39.5 Å². The van der Waals surface area contributed by atoms with E-state index in [9.17, 15) is 9.59 Å². The summed E-state index contributed by atoms with van der Waals surface area (Å²) < 4.78 is 0. The van der Waals surface area contributed by atoms with Gasteiger partial charge in [0, 0.05) is 6.04 Å². The summed E-state index contributed by atoms with van der Waals surface area (Å²) in [5.74, 6) is 0.143. The molecule has 0 atom stereocenters. The van der Waals surface area contributed by atoms with Crippen molar-refractivity contribution in [1.82, 2.24) is 10.2 Å². The van der Waals surface area contributed by atoms with Gasteiger partial charge in [-0.25, -0.2) is 0 Å². The summed E-state index contributed by atoms with van der Waals surface area (Å²) in [6.07, 6.45) is 5.53. The molecule has 1 N–H and O–H groups in total. The highest BCUT2D eigenvalue weighted by atomic mass is 16.2. The SMILES string of the molecule is CCC(CC)N1C(=O)C(C)(C)NC(=O)C12CCCC2. The summed E-state index contributed by atoms with van der Waals surface area (Å²) in [7, 11) is 0. The van der Waals surface area contributed by atoms with Crippen LogP contribution in [0.15, 0.2) is 0 Å². The average Bonchev–Trinajstić information content (AvgIpc) is 2.83. The van der Waals surface area contributed by atoms with Crippen molar-refractivity contribution in [2.45, 2.75) is 83.3 Å². The van der Waals surface area contributed by atoms with Crippen molar-refractivity contribution in [3.8, 4) is 0 Å². The zero-order chi connectivity index (χ0) is 14.3. The van der Waals surface area contributed by atoms with Gasteiger partial charge in [-0.15, -0.1) is 0 Å². The molecule has 1 saturated carbocycles. The van der Waals surface area contributed by atoms with Crippen molar-refractivity contribution in [3.05, 3.63) is 0 Å². The van der Waals surface area contributed by atoms with Crippen LogP contribution in [0.5, 0.6) is 0 Å². The second-order valence-corrected chi connectivity index (χ2v) is 6.46. The predicted octanol–water partition coefficient (Wildman–Crippen LogP) is 2.22. The van der Waals surface area contributed by atoms with Crippen molar-refractivity contribution in [2.75, 3.05) is 0 Å². The van der Waals surface area contributed by atoms with E-state index in [1.807, 2.05) is 18.7 Å². The molecule has 2 rings (SSSR count). The van der Waals surface area contributed by atoms with Crippen LogP contribution >= 0.6 is 0 Å². The van der Waals surface area contributed by atoms with E-state index in [0.717, 1.165) is 38.5 Å². The quantitative estimate of drug-likeness (QED) is 0.851. The Balaban J connectivity index is 2.45. The molecule has 0 radical (unpaired) electrons. The summed E-state index contributed by atoms with van der Waals surface area (Å²) >= 11 is 0. The standard InChI is InChI=1S/C15H26N2O2/c1-5-11(6-2)17-13(19)14(3,4)16-12(18)15(17)9-7-8-10-15/h11H,5-10H2,1-4H3,(H,16,18). The van der Waals surface area contributed by atoms with Crippen LogP contribution in [-0.2, 0) is 9.59 Å². The van der Waals surface area contributed by atoms with Gasteiger partial charge in [-0.3, -0.25) is 9.59 Å². The molecule has 1 aliphatic heterocycles. The third kappa shape index (κ3) is 2.05. The maximum absolute atomic E-state index is 12.8. The van der Waals surface area contributed by atoms with E-state index in [2.05, 4.69) is 19.2 Å². The minimum Gasteiger partial charge on any atom is -0.340 e. The third-order valence-electron chi connectivity index (χ3n) is 4.80. The minimum atomic E-state index is -0.770. The first kappa shape index (κ1) is 14.4. The van der Waals surface area contributed by atoms with Crippen molar-refractivity contribution in [2.24, 2.45) is 0 Å². The average molecular weight is 266 g/mol. The van der Waals surface area contributed by atoms with E-state index in [4.69, 9.17) is 0 Å². The number of carbonyl (C=O) groups is 2. The highest BCUT2D eigenvalue weighted by Crippen LogP contribution is 2.41. The van der Waals surface area contributed by atoms with Crippen LogP contribution in [0.1, 0.15) is 66.2 Å². The van der Waals surface area contributed by atoms with Crippen molar-refractivity contribution in [3.63, 3.8) is 0 Å². The van der Waals surface area contributed by atoms with Gasteiger partial charge in [0.25, 0.3) is 0 Å². The lowest BCUT2D eigenvalue weighted by Crippen LogP contribution is -2.75. The molecule has 4 nitrogen and oxygen atoms in total. The number of nitrogens with zero attached hydrogens (tertiary/aromatic N) is 1. The molecule has 4 heteroatoms. The van der Waals surface area contributed by atoms with Crippen LogP contribution in [0.4, 0.5) is 0 Å². The molecule has 0 unspecified atom stereocenters. The Bertz CT molecular complexity index is 380. The van der Waals surface area contributed by atoms with Crippen molar-refractivity contribution >= 4 is 11.8 Å². The fraction of sp³-hybridized carbons (Fsp3) is 0.867. The van der Waals surface area contributed by atoms with Crippen molar-refractivity contribution < 1.29 is 9.59 Å². The molecule has 0 aromatic rings. The van der Waals surface area contributed by atoms with Crippen molar-refractivity contribution in [1.29, 1.82) is 0 Å². The van der Waals surface area contributed by atoms with E-state index in [1.165, 1.54) is 0 Å². The number of nitrogens with one attached hydrogen (secondary N) is 1. The number of carbonyl (C=O) groups excluding carboxylic acids is 2. The summed E-state index contributed by atoms with van der Waals surface area (Å²) in [6.45, 7) is 7.82. The maximum Gasteiger partial charge on any atom is 0.248 e. The molecule has 1 aliphatic carbocycles. The summed E-state index contributed by atoms with van der Waals surface area (Å²) in [4.78, 5) is 27.4. The number of piperazine rings is 1. The largest absolute Gasteiger partial charge is 0.340 e. The molecule has 0 aromatic carbocycles. The summed E-state index contributed by atoms with van der Waals surface area (Å²) in [5.41, 5.74) is -1.34. The van der Waals surface area contributed by atoms with Crippen LogP contribution in [0.25, 0.3) is 0 Å². The molecule has 2 aliphatic rings. The monoisotopic (exact) mass is 266 g/mol. The molecular weight excluding hydrogens is 240 g/mol. The topological polar surface area (TPSA) is 49.4 Å². The van der Waals surface area contributed by atoms with Crippen LogP contribution in [0, 0.1) is 0 Å². The van der Waals surface area contributed by atoms with Crippen LogP contribution in [0.2, 0.25) is 0 Å². The molecule has 0 aromatic heterocycles. The Hall–Kier alpha value is -1.06. The van der Waals surface area contributed by atoms with E-state index < -0.39 is 11.1 Å². The summed E-state index contributed by atoms with van der Waals surface area (Å²) in [6, 6.07) is 0.177. The molecular formula is C15H26N2O2. The molecule has 0 bridgehead atoms. The Morgan fingerprint density at radius 3 is 2.16 bits per heavy atom. The predicted molar refractivity (Wildman–Crippen MR) is 74.6 cm³/mol. The van der Waals surface area contributed by atoms with E-state index in [-0.39, 0.29) is 17.9 Å². The Morgan fingerprint density at radius 1 is 1.16 bits per heavy atom. The van der Waals surface area contributed by atoms with Gasteiger partial charge in [0.2, 0.25) is 11.8 Å². The lowest BCUT2D eigenvalue weighted by molar-refractivity contribution is -0.165. The zero-order valence-electron chi connectivity index (χ0n) is 12.6. The first-order valence-corrected chi connectivity index (χ1v) is 7.55. The molecule has 2 amide bonds. The fourth-order valence-electron chi connectivity index (χ4n) is 3.66. The second kappa shape index (κ2) is 4.80. The maximum atomic E-state index is 12.8. The number of hydrogen-bond acceptors (Lipinski definition) is 2. The lowest BCUT2D eigenvalue weighted by Gasteiger charge is -2.52. The van der Waals surface area contributed by atoms with Crippen LogP contribution in [0.3, 0.4) is 0 Å². The molecule has 2 fully saturated rings. The Kier molecular flexibility index (Phi) is 3.63. The zero-order valence-corrected chi connectivity index (χ0v) is 12.6. The first-order chi connectivity index (χ1) is 8.89. The molecule has 1 heterocycles. The summed E-state index contributed by atoms with van der Waals surface area (Å²) in [5, 5.41) is 2.94. The Morgan fingerprint density at radius 2 is 1.68 bits per heavy atom. The van der Waals surface area contributed by atoms with Gasteiger partial charge >= 0.3 is 0 Å². The highest BCUT2D eigenvalue weighted by molar-refractivity contribution is 6.02. The third-order valence-corrected chi connectivity index (χ3v) is 4.80. The fourth-order valence-corrected chi connectivity index (χ4v) is 3.66. The van der Waals surface area contributed by atoms with Gasteiger partial charge in [0.15, 0.2) is 0 Å². The minimum absolute atomic E-state index is 0.0569. The second-order valence-electron chi connectivity index (χ2n) is 6.46.